The van der Waals surface area contributed by atoms with Crippen molar-refractivity contribution in [3.05, 3.63) is 34.4 Å². The molecule has 0 heterocycles. The number of benzene rings is 1. The summed E-state index contributed by atoms with van der Waals surface area (Å²) < 4.78 is 0. The molecule has 3 N–H and O–H groups in total. The second kappa shape index (κ2) is 5.02. The summed E-state index contributed by atoms with van der Waals surface area (Å²) >= 11 is 0. The van der Waals surface area contributed by atoms with E-state index >= 15 is 0 Å². The second-order valence-electron chi connectivity index (χ2n) is 6.05. The van der Waals surface area contributed by atoms with Crippen molar-refractivity contribution in [2.24, 2.45) is 17.1 Å². The molecule has 1 unspecified atom stereocenters. The van der Waals surface area contributed by atoms with Gasteiger partial charge in [-0.3, -0.25) is 0 Å². The molecule has 1 fully saturated rings. The lowest BCUT2D eigenvalue weighted by Gasteiger charge is -2.32. The van der Waals surface area contributed by atoms with Gasteiger partial charge in [0.2, 0.25) is 0 Å². The van der Waals surface area contributed by atoms with Gasteiger partial charge in [0, 0.05) is 12.0 Å². The molecule has 0 aromatic heterocycles. The van der Waals surface area contributed by atoms with E-state index in [0.717, 1.165) is 6.42 Å². The van der Waals surface area contributed by atoms with Gasteiger partial charge in [-0.2, -0.15) is 0 Å². The third-order valence-corrected chi connectivity index (χ3v) is 4.53. The fraction of sp³-hybridized carbons (Fsp3) is 0.625. The number of hydrogen-bond acceptors (Lipinski definition) is 2. The van der Waals surface area contributed by atoms with Crippen molar-refractivity contribution in [2.45, 2.75) is 40.0 Å². The third kappa shape index (κ3) is 2.45. The summed E-state index contributed by atoms with van der Waals surface area (Å²) in [7, 11) is 0. The van der Waals surface area contributed by atoms with Crippen LogP contribution in [0.3, 0.4) is 0 Å². The van der Waals surface area contributed by atoms with Gasteiger partial charge in [0.25, 0.3) is 0 Å². The molecular weight excluding hydrogens is 222 g/mol. The van der Waals surface area contributed by atoms with Gasteiger partial charge in [-0.15, -0.1) is 0 Å². The topological polar surface area (TPSA) is 46.2 Å². The van der Waals surface area contributed by atoms with Crippen LogP contribution in [0.4, 0.5) is 0 Å². The SMILES string of the molecule is Cc1cc(C)c(CC(CN)(CO)C2CC2)c(C)c1. The molecule has 1 aliphatic carbocycles. The van der Waals surface area contributed by atoms with Gasteiger partial charge in [-0.1, -0.05) is 17.7 Å². The van der Waals surface area contributed by atoms with Crippen LogP contribution >= 0.6 is 0 Å². The lowest BCUT2D eigenvalue weighted by Crippen LogP contribution is -2.39. The van der Waals surface area contributed by atoms with Gasteiger partial charge in [0.15, 0.2) is 0 Å². The number of nitrogens with two attached hydrogens (primary N) is 1. The Hall–Kier alpha value is -0.860. The minimum atomic E-state index is -0.0925. The fourth-order valence-corrected chi connectivity index (χ4v) is 3.17. The average molecular weight is 247 g/mol. The van der Waals surface area contributed by atoms with Crippen molar-refractivity contribution in [3.63, 3.8) is 0 Å². The summed E-state index contributed by atoms with van der Waals surface area (Å²) in [6, 6.07) is 4.46. The molecule has 0 saturated heterocycles. The number of aliphatic hydroxyl groups excluding tert-OH is 1. The number of aliphatic hydroxyl groups is 1. The van der Waals surface area contributed by atoms with E-state index in [4.69, 9.17) is 5.73 Å². The summed E-state index contributed by atoms with van der Waals surface area (Å²) in [5.41, 5.74) is 11.2. The summed E-state index contributed by atoms with van der Waals surface area (Å²) in [6.45, 7) is 7.26. The highest BCUT2D eigenvalue weighted by Gasteiger charge is 2.44. The Morgan fingerprint density at radius 2 is 1.78 bits per heavy atom. The molecule has 0 amide bonds. The van der Waals surface area contributed by atoms with E-state index in [1.807, 2.05) is 0 Å². The van der Waals surface area contributed by atoms with Crippen molar-refractivity contribution in [1.82, 2.24) is 0 Å². The predicted molar refractivity (Wildman–Crippen MR) is 75.7 cm³/mol. The van der Waals surface area contributed by atoms with Crippen LogP contribution in [0.1, 0.15) is 35.1 Å². The summed E-state index contributed by atoms with van der Waals surface area (Å²) in [6.07, 6.45) is 3.37. The van der Waals surface area contributed by atoms with Gasteiger partial charge >= 0.3 is 0 Å². The first kappa shape index (κ1) is 13.6. The minimum Gasteiger partial charge on any atom is -0.396 e. The highest BCUT2D eigenvalue weighted by atomic mass is 16.3. The molecule has 1 atom stereocenters. The molecule has 0 bridgehead atoms. The van der Waals surface area contributed by atoms with Gasteiger partial charge in [0.1, 0.15) is 0 Å². The predicted octanol–water partition coefficient (Wildman–Crippen LogP) is 2.50. The molecule has 1 aromatic rings. The summed E-state index contributed by atoms with van der Waals surface area (Å²) in [5.74, 6) is 0.618. The maximum Gasteiger partial charge on any atom is 0.0505 e. The van der Waals surface area contributed by atoms with Gasteiger partial charge in [0.05, 0.1) is 6.61 Å². The molecule has 2 nitrogen and oxygen atoms in total. The zero-order chi connectivity index (χ0) is 13.3. The molecule has 100 valence electrons. The highest BCUT2D eigenvalue weighted by Crippen LogP contribution is 2.47. The van der Waals surface area contributed by atoms with Crippen LogP contribution in [-0.4, -0.2) is 18.3 Å². The first-order valence-corrected chi connectivity index (χ1v) is 6.90. The van der Waals surface area contributed by atoms with Crippen LogP contribution in [0.5, 0.6) is 0 Å². The Morgan fingerprint density at radius 1 is 1.22 bits per heavy atom. The Labute approximate surface area is 110 Å². The third-order valence-electron chi connectivity index (χ3n) is 4.53. The van der Waals surface area contributed by atoms with E-state index < -0.39 is 0 Å². The molecule has 18 heavy (non-hydrogen) atoms. The second-order valence-corrected chi connectivity index (χ2v) is 6.05. The molecule has 0 aliphatic heterocycles. The molecule has 1 aliphatic rings. The van der Waals surface area contributed by atoms with Crippen molar-refractivity contribution in [3.8, 4) is 0 Å². The van der Waals surface area contributed by atoms with Crippen LogP contribution < -0.4 is 5.73 Å². The lowest BCUT2D eigenvalue weighted by molar-refractivity contribution is 0.108. The number of aryl methyl sites for hydroxylation is 3. The molecule has 0 radical (unpaired) electrons. The molecule has 1 saturated carbocycles. The number of hydrogen-bond donors (Lipinski definition) is 2. The molecule has 0 spiro atoms. The number of rotatable bonds is 5. The normalized spacial score (nSPS) is 18.7. The highest BCUT2D eigenvalue weighted by molar-refractivity contribution is 5.38. The van der Waals surface area contributed by atoms with Crippen LogP contribution in [0.25, 0.3) is 0 Å². The maximum absolute atomic E-state index is 9.80. The van der Waals surface area contributed by atoms with Gasteiger partial charge < -0.3 is 10.8 Å². The van der Waals surface area contributed by atoms with Crippen molar-refractivity contribution in [1.29, 1.82) is 0 Å². The molecule has 1 aromatic carbocycles. The first-order chi connectivity index (χ1) is 8.52. The van der Waals surface area contributed by atoms with Gasteiger partial charge in [-0.25, -0.2) is 0 Å². The maximum atomic E-state index is 9.80. The van der Waals surface area contributed by atoms with E-state index in [1.54, 1.807) is 0 Å². The standard InChI is InChI=1S/C16H25NO/c1-11-6-12(2)15(13(3)7-11)8-16(9-17,10-18)14-4-5-14/h6-7,14,18H,4-5,8-10,17H2,1-3H3. The van der Waals surface area contributed by atoms with Crippen molar-refractivity contribution >= 4 is 0 Å². The first-order valence-electron chi connectivity index (χ1n) is 6.90. The molecule has 2 heteroatoms. The van der Waals surface area contributed by atoms with E-state index in [9.17, 15) is 5.11 Å². The van der Waals surface area contributed by atoms with Crippen molar-refractivity contribution in [2.75, 3.05) is 13.2 Å². The van der Waals surface area contributed by atoms with Crippen LogP contribution in [0.2, 0.25) is 0 Å². The zero-order valence-corrected chi connectivity index (χ0v) is 11.8. The Morgan fingerprint density at radius 3 is 2.17 bits per heavy atom. The molecular formula is C16H25NO. The minimum absolute atomic E-state index is 0.0925. The van der Waals surface area contributed by atoms with Crippen LogP contribution in [-0.2, 0) is 6.42 Å². The summed E-state index contributed by atoms with van der Waals surface area (Å²) in [4.78, 5) is 0. The lowest BCUT2D eigenvalue weighted by atomic mass is 9.76. The average Bonchev–Trinajstić information content (AvgIpc) is 3.13. The van der Waals surface area contributed by atoms with E-state index in [2.05, 4.69) is 32.9 Å². The Bertz CT molecular complexity index is 408. The quantitative estimate of drug-likeness (QED) is 0.840. The van der Waals surface area contributed by atoms with E-state index in [1.165, 1.54) is 35.1 Å². The van der Waals surface area contributed by atoms with Crippen LogP contribution in [0, 0.1) is 32.1 Å². The smallest absolute Gasteiger partial charge is 0.0505 e. The summed E-state index contributed by atoms with van der Waals surface area (Å²) in [5, 5.41) is 9.80. The molecule has 2 rings (SSSR count). The van der Waals surface area contributed by atoms with E-state index in [-0.39, 0.29) is 12.0 Å². The zero-order valence-electron chi connectivity index (χ0n) is 11.8. The largest absolute Gasteiger partial charge is 0.396 e. The fourth-order valence-electron chi connectivity index (χ4n) is 3.17. The Balaban J connectivity index is 2.32. The monoisotopic (exact) mass is 247 g/mol. The Kier molecular flexibility index (Phi) is 3.79. The van der Waals surface area contributed by atoms with E-state index in [0.29, 0.717) is 12.5 Å². The van der Waals surface area contributed by atoms with Crippen molar-refractivity contribution < 1.29 is 5.11 Å². The van der Waals surface area contributed by atoms with Crippen LogP contribution in [0.15, 0.2) is 12.1 Å². The van der Waals surface area contributed by atoms with Gasteiger partial charge in [-0.05, 0) is 62.6 Å².